The van der Waals surface area contributed by atoms with Gasteiger partial charge < -0.3 is 14.8 Å². The first-order valence-electron chi connectivity index (χ1n) is 9.29. The molecular formula is C20H28N4O3. The Morgan fingerprint density at radius 1 is 1.33 bits per heavy atom. The van der Waals surface area contributed by atoms with Gasteiger partial charge >= 0.3 is 0 Å². The number of amides is 1. The van der Waals surface area contributed by atoms with E-state index in [1.54, 1.807) is 14.2 Å². The van der Waals surface area contributed by atoms with E-state index in [-0.39, 0.29) is 5.91 Å². The van der Waals surface area contributed by atoms with Gasteiger partial charge in [0.2, 0.25) is 0 Å². The minimum absolute atomic E-state index is 0.105. The molecule has 0 radical (unpaired) electrons. The first kappa shape index (κ1) is 19.4. The van der Waals surface area contributed by atoms with E-state index < -0.39 is 0 Å². The number of hydrogen-bond acceptors (Lipinski definition) is 5. The number of ether oxygens (including phenoxy) is 2. The Bertz CT molecular complexity index is 788. The lowest BCUT2D eigenvalue weighted by atomic mass is 10.0. The van der Waals surface area contributed by atoms with Crippen LogP contribution in [0, 0.1) is 0 Å². The number of rotatable bonds is 8. The van der Waals surface area contributed by atoms with Gasteiger partial charge in [-0.3, -0.25) is 14.4 Å². The maximum absolute atomic E-state index is 12.6. The van der Waals surface area contributed by atoms with Crippen LogP contribution in [0.4, 0.5) is 0 Å². The Kier molecular flexibility index (Phi) is 6.47. The van der Waals surface area contributed by atoms with E-state index in [2.05, 4.69) is 27.4 Å². The Labute approximate surface area is 160 Å². The number of benzene rings is 1. The third-order valence-corrected chi connectivity index (χ3v) is 4.89. The fourth-order valence-electron chi connectivity index (χ4n) is 3.50. The highest BCUT2D eigenvalue weighted by Gasteiger charge is 2.27. The number of carbonyl (C=O) groups is 1. The van der Waals surface area contributed by atoms with Gasteiger partial charge in [0, 0.05) is 64.6 Å². The third kappa shape index (κ3) is 4.67. The highest BCUT2D eigenvalue weighted by Crippen LogP contribution is 2.24. The number of carbonyl (C=O) groups excluding carboxylic acids is 1. The maximum atomic E-state index is 12.6. The van der Waals surface area contributed by atoms with Crippen LogP contribution >= 0.6 is 0 Å². The van der Waals surface area contributed by atoms with Crippen LogP contribution in [0.15, 0.2) is 24.3 Å². The van der Waals surface area contributed by atoms with Crippen LogP contribution in [0.5, 0.6) is 5.75 Å². The summed E-state index contributed by atoms with van der Waals surface area (Å²) < 4.78 is 12.2. The van der Waals surface area contributed by atoms with Crippen LogP contribution in [-0.2, 0) is 31.3 Å². The van der Waals surface area contributed by atoms with Crippen molar-refractivity contribution in [1.82, 2.24) is 20.0 Å². The van der Waals surface area contributed by atoms with Crippen molar-refractivity contribution in [2.75, 3.05) is 33.9 Å². The molecule has 0 spiro atoms. The molecule has 2 heterocycles. The minimum atomic E-state index is -0.105. The lowest BCUT2D eigenvalue weighted by molar-refractivity contribution is 0.0940. The molecule has 0 bridgehead atoms. The maximum Gasteiger partial charge on any atom is 0.272 e. The number of fused-ring (bicyclic) bond motifs is 1. The summed E-state index contributed by atoms with van der Waals surface area (Å²) in [4.78, 5) is 14.9. The zero-order chi connectivity index (χ0) is 19.2. The number of methoxy groups -OCH3 is 2. The summed E-state index contributed by atoms with van der Waals surface area (Å²) in [7, 11) is 5.26. The summed E-state index contributed by atoms with van der Waals surface area (Å²) in [6.45, 7) is 3.71. The Hall–Kier alpha value is -2.38. The van der Waals surface area contributed by atoms with Gasteiger partial charge in [0.1, 0.15) is 5.75 Å². The largest absolute Gasteiger partial charge is 0.497 e. The van der Waals surface area contributed by atoms with Gasteiger partial charge in [0.15, 0.2) is 5.69 Å². The van der Waals surface area contributed by atoms with Crippen molar-refractivity contribution in [3.8, 4) is 5.75 Å². The summed E-state index contributed by atoms with van der Waals surface area (Å²) in [6, 6.07) is 8.12. The zero-order valence-electron chi connectivity index (χ0n) is 16.3. The van der Waals surface area contributed by atoms with Crippen molar-refractivity contribution in [1.29, 1.82) is 0 Å². The van der Waals surface area contributed by atoms with Gasteiger partial charge in [-0.1, -0.05) is 12.1 Å². The van der Waals surface area contributed by atoms with Gasteiger partial charge in [0.05, 0.1) is 7.11 Å². The van der Waals surface area contributed by atoms with Gasteiger partial charge in [-0.15, -0.1) is 0 Å². The lowest BCUT2D eigenvalue weighted by Gasteiger charge is -2.27. The fourth-order valence-corrected chi connectivity index (χ4v) is 3.50. The molecule has 3 rings (SSSR count). The minimum Gasteiger partial charge on any atom is -0.497 e. The van der Waals surface area contributed by atoms with Crippen LogP contribution in [-0.4, -0.2) is 54.5 Å². The van der Waals surface area contributed by atoms with Crippen molar-refractivity contribution in [3.63, 3.8) is 0 Å². The molecule has 1 N–H and O–H groups in total. The molecule has 0 fully saturated rings. The predicted octanol–water partition coefficient (Wildman–Crippen LogP) is 1.75. The summed E-state index contributed by atoms with van der Waals surface area (Å²) in [5.41, 5.74) is 3.93. The highest BCUT2D eigenvalue weighted by molar-refractivity contribution is 5.94. The highest BCUT2D eigenvalue weighted by atomic mass is 16.5. The zero-order valence-corrected chi connectivity index (χ0v) is 16.3. The van der Waals surface area contributed by atoms with Crippen LogP contribution in [0.1, 0.15) is 33.7 Å². The summed E-state index contributed by atoms with van der Waals surface area (Å²) in [6.07, 6.45) is 1.68. The van der Waals surface area contributed by atoms with E-state index in [1.165, 1.54) is 5.56 Å². The predicted molar refractivity (Wildman–Crippen MR) is 103 cm³/mol. The van der Waals surface area contributed by atoms with E-state index in [1.807, 2.05) is 23.9 Å². The summed E-state index contributed by atoms with van der Waals surface area (Å²) in [5, 5.41) is 7.43. The van der Waals surface area contributed by atoms with Gasteiger partial charge in [0.25, 0.3) is 5.91 Å². The number of nitrogens with one attached hydrogen (secondary N) is 1. The van der Waals surface area contributed by atoms with E-state index in [0.29, 0.717) is 18.8 Å². The van der Waals surface area contributed by atoms with Crippen LogP contribution in [0.3, 0.4) is 0 Å². The molecule has 1 aliphatic heterocycles. The smallest absolute Gasteiger partial charge is 0.272 e. The molecular weight excluding hydrogens is 344 g/mol. The molecule has 0 unspecified atom stereocenters. The topological polar surface area (TPSA) is 68.6 Å². The first-order valence-corrected chi connectivity index (χ1v) is 9.29. The second-order valence-corrected chi connectivity index (χ2v) is 6.81. The molecule has 146 valence electrons. The van der Waals surface area contributed by atoms with Gasteiger partial charge in [-0.05, 0) is 24.1 Å². The number of aromatic nitrogens is 2. The van der Waals surface area contributed by atoms with Crippen molar-refractivity contribution >= 4 is 5.91 Å². The molecule has 7 heteroatoms. The summed E-state index contributed by atoms with van der Waals surface area (Å²) >= 11 is 0. The quantitative estimate of drug-likeness (QED) is 0.715. The molecule has 1 aromatic heterocycles. The van der Waals surface area contributed by atoms with E-state index in [4.69, 9.17) is 9.47 Å². The molecule has 1 aliphatic rings. The molecule has 1 amide bonds. The monoisotopic (exact) mass is 372 g/mol. The van der Waals surface area contributed by atoms with E-state index >= 15 is 0 Å². The van der Waals surface area contributed by atoms with Gasteiger partial charge in [-0.25, -0.2) is 0 Å². The van der Waals surface area contributed by atoms with Crippen molar-refractivity contribution in [3.05, 3.63) is 46.8 Å². The van der Waals surface area contributed by atoms with Crippen molar-refractivity contribution < 1.29 is 14.3 Å². The molecule has 0 aliphatic carbocycles. The van der Waals surface area contributed by atoms with Crippen LogP contribution in [0.25, 0.3) is 0 Å². The van der Waals surface area contributed by atoms with Gasteiger partial charge in [-0.2, -0.15) is 5.10 Å². The van der Waals surface area contributed by atoms with E-state index in [9.17, 15) is 4.79 Å². The Morgan fingerprint density at radius 2 is 2.19 bits per heavy atom. The average molecular weight is 372 g/mol. The normalized spacial score (nSPS) is 14.0. The van der Waals surface area contributed by atoms with E-state index in [0.717, 1.165) is 49.5 Å². The Morgan fingerprint density at radius 3 is 2.96 bits per heavy atom. The van der Waals surface area contributed by atoms with Crippen molar-refractivity contribution in [2.24, 2.45) is 7.05 Å². The summed E-state index contributed by atoms with van der Waals surface area (Å²) in [5.74, 6) is 0.758. The third-order valence-electron chi connectivity index (χ3n) is 4.89. The Balaban J connectivity index is 1.69. The molecule has 2 aromatic rings. The molecule has 1 aromatic carbocycles. The standard InChI is InChI=1S/C20H28N4O3/c1-23-18-8-10-24(13-15-6-4-7-16(12-15)27-3)14-17(18)19(22-23)20(25)21-9-5-11-26-2/h4,6-7,12H,5,8-11,13-14H2,1-3H3,(H,21,25). The molecule has 27 heavy (non-hydrogen) atoms. The average Bonchev–Trinajstić information content (AvgIpc) is 3.01. The lowest BCUT2D eigenvalue weighted by Crippen LogP contribution is -2.32. The van der Waals surface area contributed by atoms with Crippen molar-refractivity contribution in [2.45, 2.75) is 25.9 Å². The number of aryl methyl sites for hydroxylation is 1. The first-order chi connectivity index (χ1) is 13.1. The second-order valence-electron chi connectivity index (χ2n) is 6.81. The number of hydrogen-bond donors (Lipinski definition) is 1. The molecule has 0 saturated carbocycles. The molecule has 7 nitrogen and oxygen atoms in total. The SMILES string of the molecule is COCCCNC(=O)c1nn(C)c2c1CN(Cc1cccc(OC)c1)CC2. The molecule has 0 saturated heterocycles. The van der Waals surface area contributed by atoms with Crippen LogP contribution < -0.4 is 10.1 Å². The van der Waals surface area contributed by atoms with Crippen LogP contribution in [0.2, 0.25) is 0 Å². The molecule has 0 atom stereocenters. The number of nitrogens with zero attached hydrogens (tertiary/aromatic N) is 3. The fraction of sp³-hybridized carbons (Fsp3) is 0.500. The second kappa shape index (κ2) is 9.01.